The second-order valence-corrected chi connectivity index (χ2v) is 11.0. The van der Waals surface area contributed by atoms with E-state index in [1.165, 1.54) is 0 Å². The van der Waals surface area contributed by atoms with Crippen LogP contribution in [0.15, 0.2) is 4.79 Å². The Hall–Kier alpha value is -1.73. The zero-order valence-electron chi connectivity index (χ0n) is 20.4. The number of hydrogen-bond acceptors (Lipinski definition) is 5. The highest BCUT2D eigenvalue weighted by Crippen LogP contribution is 2.30. The molecular formula is C24H38N4O2S. The molecule has 1 atom stereocenters. The van der Waals surface area contributed by atoms with Crippen LogP contribution in [0.25, 0.3) is 10.2 Å². The third kappa shape index (κ3) is 4.72. The first kappa shape index (κ1) is 23.9. The second-order valence-electron chi connectivity index (χ2n) is 9.78. The number of aromatic nitrogens is 2. The first-order valence-corrected chi connectivity index (χ1v) is 12.4. The van der Waals surface area contributed by atoms with Crippen molar-refractivity contribution in [2.24, 2.45) is 0 Å². The summed E-state index contributed by atoms with van der Waals surface area (Å²) in [5.41, 5.74) is 1.13. The molecule has 1 saturated heterocycles. The Balaban J connectivity index is 1.93. The third-order valence-electron chi connectivity index (χ3n) is 6.38. The zero-order valence-corrected chi connectivity index (χ0v) is 21.2. The Morgan fingerprint density at radius 2 is 1.81 bits per heavy atom. The summed E-state index contributed by atoms with van der Waals surface area (Å²) in [6.45, 7) is 18.6. The molecule has 0 N–H and O–H groups in total. The molecule has 3 heterocycles. The van der Waals surface area contributed by atoms with E-state index in [1.54, 1.807) is 11.3 Å². The number of piperidine rings is 1. The van der Waals surface area contributed by atoms with Crippen molar-refractivity contribution in [1.29, 1.82) is 0 Å². The van der Waals surface area contributed by atoms with Gasteiger partial charge in [0.15, 0.2) is 0 Å². The Morgan fingerprint density at radius 3 is 2.39 bits per heavy atom. The zero-order chi connectivity index (χ0) is 23.0. The fourth-order valence-electron chi connectivity index (χ4n) is 4.91. The summed E-state index contributed by atoms with van der Waals surface area (Å²) < 4.78 is 1.95. The van der Waals surface area contributed by atoms with Crippen molar-refractivity contribution in [1.82, 2.24) is 19.4 Å². The van der Waals surface area contributed by atoms with Gasteiger partial charge in [0.2, 0.25) is 5.91 Å². The van der Waals surface area contributed by atoms with Crippen molar-refractivity contribution in [2.75, 3.05) is 19.6 Å². The van der Waals surface area contributed by atoms with E-state index < -0.39 is 0 Å². The summed E-state index contributed by atoms with van der Waals surface area (Å²) in [4.78, 5) is 37.8. The molecular weight excluding hydrogens is 408 g/mol. The SMILES string of the molecule is Cc1sc2nc(C(C)C)n([C@@H]3CCCN(CC(=O)N(C(C)C)C(C)C)C3)c(=O)c2c1C. The molecule has 1 aliphatic rings. The standard InChI is InChI=1S/C24H38N4O2S/c1-14(2)22-25-23-21(17(7)18(8)31-23)24(30)28(22)19-10-9-11-26(12-19)13-20(29)27(15(3)4)16(5)6/h14-16,19H,9-13H2,1-8H3/t19-/m1/s1. The number of rotatable bonds is 6. The number of hydrogen-bond donors (Lipinski definition) is 0. The van der Waals surface area contributed by atoms with Gasteiger partial charge in [-0.1, -0.05) is 13.8 Å². The van der Waals surface area contributed by atoms with E-state index in [2.05, 4.69) is 53.4 Å². The van der Waals surface area contributed by atoms with Gasteiger partial charge < -0.3 is 4.90 Å². The van der Waals surface area contributed by atoms with Crippen LogP contribution < -0.4 is 5.56 Å². The number of thiophene rings is 1. The van der Waals surface area contributed by atoms with E-state index in [4.69, 9.17) is 4.98 Å². The topological polar surface area (TPSA) is 58.4 Å². The minimum absolute atomic E-state index is 0.0505. The molecule has 172 valence electrons. The first-order chi connectivity index (χ1) is 14.5. The molecule has 3 rings (SSSR count). The Morgan fingerprint density at radius 1 is 1.16 bits per heavy atom. The van der Waals surface area contributed by atoms with Gasteiger partial charge in [0.25, 0.3) is 5.56 Å². The second kappa shape index (κ2) is 9.41. The third-order valence-corrected chi connectivity index (χ3v) is 7.49. The number of nitrogens with zero attached hydrogens (tertiary/aromatic N) is 4. The number of carbonyl (C=O) groups excluding carboxylic acids is 1. The van der Waals surface area contributed by atoms with Crippen LogP contribution in [0, 0.1) is 13.8 Å². The lowest BCUT2D eigenvalue weighted by Crippen LogP contribution is -2.49. The molecule has 2 aromatic rings. The van der Waals surface area contributed by atoms with E-state index in [9.17, 15) is 9.59 Å². The van der Waals surface area contributed by atoms with Gasteiger partial charge in [0.05, 0.1) is 18.0 Å². The van der Waals surface area contributed by atoms with Crippen LogP contribution in [0.1, 0.15) is 82.6 Å². The lowest BCUT2D eigenvalue weighted by Gasteiger charge is -2.37. The van der Waals surface area contributed by atoms with Crippen molar-refractivity contribution in [3.8, 4) is 0 Å². The lowest BCUT2D eigenvalue weighted by molar-refractivity contribution is -0.136. The van der Waals surface area contributed by atoms with E-state index in [1.807, 2.05) is 16.4 Å². The van der Waals surface area contributed by atoms with Gasteiger partial charge in [-0.15, -0.1) is 11.3 Å². The molecule has 1 fully saturated rings. The van der Waals surface area contributed by atoms with Crippen LogP contribution in [0.3, 0.4) is 0 Å². The summed E-state index contributed by atoms with van der Waals surface area (Å²) in [5.74, 6) is 1.19. The van der Waals surface area contributed by atoms with Crippen molar-refractivity contribution >= 4 is 27.5 Å². The van der Waals surface area contributed by atoms with Gasteiger partial charge in [-0.05, 0) is 66.5 Å². The highest BCUT2D eigenvalue weighted by Gasteiger charge is 2.30. The molecule has 31 heavy (non-hydrogen) atoms. The number of aryl methyl sites for hydroxylation is 2. The van der Waals surface area contributed by atoms with Crippen LogP contribution in [0.2, 0.25) is 0 Å². The molecule has 1 amide bonds. The molecule has 7 heteroatoms. The smallest absolute Gasteiger partial charge is 0.262 e. The number of likely N-dealkylation sites (tertiary alicyclic amines) is 1. The van der Waals surface area contributed by atoms with Crippen molar-refractivity contribution < 1.29 is 4.79 Å². The molecule has 1 aliphatic heterocycles. The maximum atomic E-state index is 13.6. The summed E-state index contributed by atoms with van der Waals surface area (Å²) in [6, 6.07) is 0.411. The highest BCUT2D eigenvalue weighted by molar-refractivity contribution is 7.18. The largest absolute Gasteiger partial charge is 0.337 e. The predicted octanol–water partition coefficient (Wildman–Crippen LogP) is 4.48. The maximum Gasteiger partial charge on any atom is 0.262 e. The average Bonchev–Trinajstić information content (AvgIpc) is 2.95. The molecule has 0 aromatic carbocycles. The monoisotopic (exact) mass is 446 g/mol. The van der Waals surface area contributed by atoms with Gasteiger partial charge in [0.1, 0.15) is 10.7 Å². The Kier molecular flexibility index (Phi) is 7.26. The molecule has 0 radical (unpaired) electrons. The van der Waals surface area contributed by atoms with Gasteiger partial charge in [-0.25, -0.2) is 4.98 Å². The maximum absolute atomic E-state index is 13.6. The number of carbonyl (C=O) groups is 1. The van der Waals surface area contributed by atoms with Crippen molar-refractivity contribution in [2.45, 2.75) is 92.3 Å². The fraction of sp³-hybridized carbons (Fsp3) is 0.708. The first-order valence-electron chi connectivity index (χ1n) is 11.6. The summed E-state index contributed by atoms with van der Waals surface area (Å²) in [6.07, 6.45) is 1.92. The molecule has 0 unspecified atom stereocenters. The number of fused-ring (bicyclic) bond motifs is 1. The minimum atomic E-state index is 0.0505. The van der Waals surface area contributed by atoms with Crippen molar-refractivity contribution in [3.05, 3.63) is 26.6 Å². The minimum Gasteiger partial charge on any atom is -0.337 e. The van der Waals surface area contributed by atoms with Gasteiger partial charge >= 0.3 is 0 Å². The molecule has 2 aromatic heterocycles. The van der Waals surface area contributed by atoms with Crippen LogP contribution in [-0.2, 0) is 4.79 Å². The van der Waals surface area contributed by atoms with E-state index in [-0.39, 0.29) is 35.5 Å². The van der Waals surface area contributed by atoms with Crippen molar-refractivity contribution in [3.63, 3.8) is 0 Å². The normalized spacial score (nSPS) is 18.0. The number of amides is 1. The summed E-state index contributed by atoms with van der Waals surface area (Å²) in [7, 11) is 0. The molecule has 0 saturated carbocycles. The van der Waals surface area contributed by atoms with Crippen LogP contribution in [0.4, 0.5) is 0 Å². The summed E-state index contributed by atoms with van der Waals surface area (Å²) >= 11 is 1.61. The molecule has 0 spiro atoms. The predicted molar refractivity (Wildman–Crippen MR) is 129 cm³/mol. The van der Waals surface area contributed by atoms with Gasteiger partial charge in [0, 0.05) is 29.4 Å². The molecule has 0 aliphatic carbocycles. The van der Waals surface area contributed by atoms with Crippen LogP contribution in [0.5, 0.6) is 0 Å². The average molecular weight is 447 g/mol. The molecule has 0 bridgehead atoms. The van der Waals surface area contributed by atoms with E-state index >= 15 is 0 Å². The van der Waals surface area contributed by atoms with Gasteiger partial charge in [-0.2, -0.15) is 0 Å². The quantitative estimate of drug-likeness (QED) is 0.656. The Bertz CT molecular complexity index is 997. The Labute approximate surface area is 190 Å². The van der Waals surface area contributed by atoms with Gasteiger partial charge in [-0.3, -0.25) is 19.1 Å². The highest BCUT2D eigenvalue weighted by atomic mass is 32.1. The van der Waals surface area contributed by atoms with Crippen LogP contribution >= 0.6 is 11.3 Å². The fourth-order valence-corrected chi connectivity index (χ4v) is 5.94. The van der Waals surface area contributed by atoms with E-state index in [0.717, 1.165) is 45.9 Å². The van der Waals surface area contributed by atoms with E-state index in [0.29, 0.717) is 13.1 Å². The summed E-state index contributed by atoms with van der Waals surface area (Å²) in [5, 5.41) is 0.769. The lowest BCUT2D eigenvalue weighted by atomic mass is 10.0. The molecule has 6 nitrogen and oxygen atoms in total. The van der Waals surface area contributed by atoms with Crippen LogP contribution in [-0.4, -0.2) is 57.0 Å².